The topological polar surface area (TPSA) is 74.8 Å². The van der Waals surface area contributed by atoms with Gasteiger partial charge < -0.3 is 20.7 Å². The molecule has 0 unspecified atom stereocenters. The van der Waals surface area contributed by atoms with E-state index in [1.54, 1.807) is 14.1 Å². The first-order valence-corrected chi connectivity index (χ1v) is 7.89. The molecule has 6 nitrogen and oxygen atoms in total. The zero-order valence-electron chi connectivity index (χ0n) is 14.1. The summed E-state index contributed by atoms with van der Waals surface area (Å²) in [6.07, 6.45) is 0.825. The molecule has 1 aromatic rings. The summed E-state index contributed by atoms with van der Waals surface area (Å²) in [5.74, 6) is 0.730. The van der Waals surface area contributed by atoms with Gasteiger partial charge in [0.2, 0.25) is 0 Å². The molecule has 3 N–H and O–H groups in total. The molecule has 6 heteroatoms. The van der Waals surface area contributed by atoms with Crippen LogP contribution in [0.15, 0.2) is 29.3 Å². The van der Waals surface area contributed by atoms with Crippen LogP contribution in [0.1, 0.15) is 22.8 Å². The van der Waals surface area contributed by atoms with Crippen molar-refractivity contribution in [1.82, 2.24) is 16.0 Å². The van der Waals surface area contributed by atoms with Crippen molar-refractivity contribution in [2.24, 2.45) is 10.4 Å². The average molecular weight is 318 g/mol. The minimum absolute atomic E-state index is 0.0618. The molecule has 1 aromatic carbocycles. The van der Waals surface area contributed by atoms with Gasteiger partial charge >= 0.3 is 0 Å². The number of nitrogens with zero attached hydrogens (tertiary/aromatic N) is 1. The standard InChI is InChI=1S/C17H26N4O2/c1-17(11-23-12-17)10-21-16(19-3)20-8-7-13-5-4-6-14(9-13)15(22)18-2/h4-6,9H,7-8,10-12H2,1-3H3,(H,18,22)(H2,19,20,21). The normalized spacial score (nSPS) is 16.4. The Labute approximate surface area is 137 Å². The van der Waals surface area contributed by atoms with E-state index in [2.05, 4.69) is 27.9 Å². The van der Waals surface area contributed by atoms with Crippen LogP contribution in [0.2, 0.25) is 0 Å². The van der Waals surface area contributed by atoms with E-state index in [4.69, 9.17) is 4.74 Å². The van der Waals surface area contributed by atoms with Crippen LogP contribution in [0.5, 0.6) is 0 Å². The Morgan fingerprint density at radius 1 is 1.35 bits per heavy atom. The summed E-state index contributed by atoms with van der Waals surface area (Å²) in [5.41, 5.74) is 2.01. The monoisotopic (exact) mass is 318 g/mol. The van der Waals surface area contributed by atoms with Crippen molar-refractivity contribution in [2.75, 3.05) is 40.4 Å². The Balaban J connectivity index is 1.77. The highest BCUT2D eigenvalue weighted by molar-refractivity contribution is 5.94. The first kappa shape index (κ1) is 17.3. The second-order valence-electron chi connectivity index (χ2n) is 6.19. The molecule has 126 valence electrons. The number of hydrogen-bond donors (Lipinski definition) is 3. The van der Waals surface area contributed by atoms with Crippen LogP contribution in [0.3, 0.4) is 0 Å². The number of benzene rings is 1. The second kappa shape index (κ2) is 7.97. The van der Waals surface area contributed by atoms with Gasteiger partial charge in [-0.1, -0.05) is 19.1 Å². The van der Waals surface area contributed by atoms with Crippen LogP contribution in [0.4, 0.5) is 0 Å². The van der Waals surface area contributed by atoms with Crippen molar-refractivity contribution in [3.8, 4) is 0 Å². The van der Waals surface area contributed by atoms with Gasteiger partial charge in [0.25, 0.3) is 5.91 Å². The molecular formula is C17H26N4O2. The lowest BCUT2D eigenvalue weighted by Gasteiger charge is -2.38. The molecule has 1 aliphatic rings. The molecule has 1 saturated heterocycles. The molecule has 1 fully saturated rings. The van der Waals surface area contributed by atoms with Crippen molar-refractivity contribution >= 4 is 11.9 Å². The third kappa shape index (κ3) is 4.96. The van der Waals surface area contributed by atoms with Gasteiger partial charge in [0.1, 0.15) is 0 Å². The van der Waals surface area contributed by atoms with Gasteiger partial charge in [-0.15, -0.1) is 0 Å². The third-order valence-electron chi connectivity index (χ3n) is 3.93. The number of nitrogens with one attached hydrogen (secondary N) is 3. The Bertz CT molecular complexity index is 567. The lowest BCUT2D eigenvalue weighted by molar-refractivity contribution is -0.0971. The summed E-state index contributed by atoms with van der Waals surface area (Å²) in [6, 6.07) is 7.67. The number of carbonyl (C=O) groups excluding carboxylic acids is 1. The number of rotatable bonds is 6. The minimum Gasteiger partial charge on any atom is -0.380 e. The van der Waals surface area contributed by atoms with Gasteiger partial charge in [-0.25, -0.2) is 0 Å². The summed E-state index contributed by atoms with van der Waals surface area (Å²) in [6.45, 7) is 5.39. The summed E-state index contributed by atoms with van der Waals surface area (Å²) in [4.78, 5) is 15.9. The van der Waals surface area contributed by atoms with E-state index in [0.29, 0.717) is 5.56 Å². The van der Waals surface area contributed by atoms with Gasteiger partial charge in [-0.2, -0.15) is 0 Å². The first-order valence-electron chi connectivity index (χ1n) is 7.89. The highest BCUT2D eigenvalue weighted by Crippen LogP contribution is 2.24. The van der Waals surface area contributed by atoms with E-state index in [1.807, 2.05) is 24.3 Å². The van der Waals surface area contributed by atoms with Crippen LogP contribution in [0.25, 0.3) is 0 Å². The molecule has 0 atom stereocenters. The summed E-state index contributed by atoms with van der Waals surface area (Å²) >= 11 is 0. The van der Waals surface area contributed by atoms with Gasteiger partial charge in [0.15, 0.2) is 5.96 Å². The van der Waals surface area contributed by atoms with Crippen LogP contribution in [-0.2, 0) is 11.2 Å². The number of hydrogen-bond acceptors (Lipinski definition) is 3. The van der Waals surface area contributed by atoms with Crippen LogP contribution in [-0.4, -0.2) is 52.3 Å². The fourth-order valence-electron chi connectivity index (χ4n) is 2.41. The van der Waals surface area contributed by atoms with E-state index in [9.17, 15) is 4.79 Å². The van der Waals surface area contributed by atoms with Crippen molar-refractivity contribution < 1.29 is 9.53 Å². The molecule has 0 saturated carbocycles. The molecule has 0 aromatic heterocycles. The molecule has 1 amide bonds. The van der Waals surface area contributed by atoms with Gasteiger partial charge in [0.05, 0.1) is 13.2 Å². The second-order valence-corrected chi connectivity index (χ2v) is 6.19. The maximum absolute atomic E-state index is 11.6. The predicted molar refractivity (Wildman–Crippen MR) is 91.8 cm³/mol. The van der Waals surface area contributed by atoms with Crippen molar-refractivity contribution in [3.63, 3.8) is 0 Å². The number of carbonyl (C=O) groups is 1. The fourth-order valence-corrected chi connectivity index (χ4v) is 2.41. The fraction of sp³-hybridized carbons (Fsp3) is 0.529. The summed E-state index contributed by atoms with van der Waals surface area (Å²) in [5, 5.41) is 9.27. The first-order chi connectivity index (χ1) is 11.1. The maximum Gasteiger partial charge on any atom is 0.251 e. The van der Waals surface area contributed by atoms with E-state index in [0.717, 1.165) is 44.2 Å². The van der Waals surface area contributed by atoms with Crippen LogP contribution < -0.4 is 16.0 Å². The maximum atomic E-state index is 11.6. The van der Waals surface area contributed by atoms with Crippen molar-refractivity contribution in [2.45, 2.75) is 13.3 Å². The van der Waals surface area contributed by atoms with Crippen LogP contribution >= 0.6 is 0 Å². The number of aliphatic imine (C=N–C) groups is 1. The highest BCUT2D eigenvalue weighted by atomic mass is 16.5. The molecule has 0 radical (unpaired) electrons. The van der Waals surface area contributed by atoms with Gasteiger partial charge in [-0.05, 0) is 24.1 Å². The minimum atomic E-state index is -0.0618. The summed E-state index contributed by atoms with van der Waals surface area (Å²) in [7, 11) is 3.40. The SMILES string of the molecule is CN=C(NCCc1cccc(C(=O)NC)c1)NCC1(C)COC1. The Hall–Kier alpha value is -2.08. The number of amides is 1. The smallest absolute Gasteiger partial charge is 0.251 e. The molecule has 0 aliphatic carbocycles. The molecule has 2 rings (SSSR count). The molecule has 0 spiro atoms. The zero-order valence-corrected chi connectivity index (χ0v) is 14.1. The van der Waals surface area contributed by atoms with Crippen LogP contribution in [0, 0.1) is 5.41 Å². The lowest BCUT2D eigenvalue weighted by Crippen LogP contribution is -2.51. The number of ether oxygens (including phenoxy) is 1. The van der Waals surface area contributed by atoms with E-state index in [-0.39, 0.29) is 11.3 Å². The molecular weight excluding hydrogens is 292 g/mol. The Kier molecular flexibility index (Phi) is 5.98. The number of guanidine groups is 1. The average Bonchev–Trinajstić information content (AvgIpc) is 2.55. The molecule has 1 aliphatic heterocycles. The quantitative estimate of drug-likeness (QED) is 0.535. The van der Waals surface area contributed by atoms with Gasteiger partial charge in [-0.3, -0.25) is 9.79 Å². The lowest BCUT2D eigenvalue weighted by atomic mass is 9.89. The summed E-state index contributed by atoms with van der Waals surface area (Å²) < 4.78 is 5.25. The Morgan fingerprint density at radius 3 is 2.74 bits per heavy atom. The molecule has 23 heavy (non-hydrogen) atoms. The largest absolute Gasteiger partial charge is 0.380 e. The highest BCUT2D eigenvalue weighted by Gasteiger charge is 2.33. The van der Waals surface area contributed by atoms with Gasteiger partial charge in [0, 0.05) is 38.2 Å². The Morgan fingerprint density at radius 2 is 2.13 bits per heavy atom. The van der Waals surface area contributed by atoms with Crippen molar-refractivity contribution in [1.29, 1.82) is 0 Å². The third-order valence-corrected chi connectivity index (χ3v) is 3.93. The molecule has 1 heterocycles. The van der Waals surface area contributed by atoms with Crippen molar-refractivity contribution in [3.05, 3.63) is 35.4 Å². The molecule has 0 bridgehead atoms. The zero-order chi connectivity index (χ0) is 16.7. The van der Waals surface area contributed by atoms with E-state index in [1.165, 1.54) is 0 Å². The van der Waals surface area contributed by atoms with E-state index >= 15 is 0 Å². The van der Waals surface area contributed by atoms with E-state index < -0.39 is 0 Å². The predicted octanol–water partition coefficient (Wildman–Crippen LogP) is 0.790.